The summed E-state index contributed by atoms with van der Waals surface area (Å²) in [4.78, 5) is 24.9. The van der Waals surface area contributed by atoms with Crippen LogP contribution >= 0.6 is 0 Å². The number of amides is 1. The number of carboxylic acid groups (broad SMARTS) is 1. The number of carbonyl (C=O) groups is 2. The van der Waals surface area contributed by atoms with E-state index in [9.17, 15) is 14.7 Å². The minimum Gasteiger partial charge on any atom is -0.496 e. The number of nitrogens with one attached hydrogen (secondary N) is 1. The molecule has 4 aromatic carbocycles. The van der Waals surface area contributed by atoms with Crippen LogP contribution in [0.4, 0.5) is 4.79 Å². The molecule has 8 heteroatoms. The third-order valence-corrected chi connectivity index (χ3v) is 7.25. The second-order valence-corrected chi connectivity index (χ2v) is 9.88. The molecule has 0 heterocycles. The molecule has 216 valence electrons. The van der Waals surface area contributed by atoms with E-state index in [1.807, 2.05) is 73.7 Å². The summed E-state index contributed by atoms with van der Waals surface area (Å²) in [6, 6.07) is 27.6. The number of fused-ring (bicyclic) bond motifs is 3. The van der Waals surface area contributed by atoms with Crippen molar-refractivity contribution in [1.29, 1.82) is 0 Å². The highest BCUT2D eigenvalue weighted by Crippen LogP contribution is 2.44. The SMILES string of the molecule is CCOc1ccccc1OCc1cc(CC(NC(=O)OCC2c3ccccc3-c3ccccc32)C(=O)O)ccc1OC. The first-order chi connectivity index (χ1) is 20.5. The molecule has 5 rings (SSSR count). The third kappa shape index (κ3) is 6.33. The van der Waals surface area contributed by atoms with Crippen LogP contribution < -0.4 is 19.5 Å². The molecule has 1 aliphatic rings. The lowest BCUT2D eigenvalue weighted by Crippen LogP contribution is -2.42. The summed E-state index contributed by atoms with van der Waals surface area (Å²) in [7, 11) is 1.56. The zero-order valence-corrected chi connectivity index (χ0v) is 23.5. The first kappa shape index (κ1) is 28.5. The molecule has 1 amide bonds. The second kappa shape index (κ2) is 13.1. The monoisotopic (exact) mass is 567 g/mol. The van der Waals surface area contributed by atoms with Crippen molar-refractivity contribution in [3.05, 3.63) is 113 Å². The van der Waals surface area contributed by atoms with E-state index < -0.39 is 18.1 Å². The Kier molecular flexibility index (Phi) is 8.92. The van der Waals surface area contributed by atoms with Crippen molar-refractivity contribution < 1.29 is 33.6 Å². The van der Waals surface area contributed by atoms with Crippen LogP contribution in [-0.2, 0) is 22.6 Å². The van der Waals surface area contributed by atoms with E-state index >= 15 is 0 Å². The van der Waals surface area contributed by atoms with Crippen LogP contribution in [0.1, 0.15) is 35.1 Å². The van der Waals surface area contributed by atoms with Crippen LogP contribution in [0.2, 0.25) is 0 Å². The number of benzene rings is 4. The Morgan fingerprint density at radius 2 is 1.45 bits per heavy atom. The summed E-state index contributed by atoms with van der Waals surface area (Å²) in [5.74, 6) is 0.538. The molecule has 0 radical (unpaired) electrons. The fourth-order valence-corrected chi connectivity index (χ4v) is 5.29. The van der Waals surface area contributed by atoms with Crippen molar-refractivity contribution in [1.82, 2.24) is 5.32 Å². The van der Waals surface area contributed by atoms with Gasteiger partial charge in [0.25, 0.3) is 0 Å². The van der Waals surface area contributed by atoms with Gasteiger partial charge in [-0.3, -0.25) is 0 Å². The van der Waals surface area contributed by atoms with Crippen molar-refractivity contribution in [3.8, 4) is 28.4 Å². The molecule has 0 saturated carbocycles. The van der Waals surface area contributed by atoms with Gasteiger partial charge in [0.05, 0.1) is 13.7 Å². The van der Waals surface area contributed by atoms with Gasteiger partial charge in [0.1, 0.15) is 25.0 Å². The maximum Gasteiger partial charge on any atom is 0.407 e. The third-order valence-electron chi connectivity index (χ3n) is 7.25. The molecule has 0 spiro atoms. The number of hydrogen-bond donors (Lipinski definition) is 2. The van der Waals surface area contributed by atoms with Crippen molar-refractivity contribution in [2.24, 2.45) is 0 Å². The lowest BCUT2D eigenvalue weighted by molar-refractivity contribution is -0.139. The molecular weight excluding hydrogens is 534 g/mol. The molecule has 0 fully saturated rings. The van der Waals surface area contributed by atoms with Gasteiger partial charge in [-0.25, -0.2) is 9.59 Å². The smallest absolute Gasteiger partial charge is 0.407 e. The van der Waals surface area contributed by atoms with E-state index in [1.165, 1.54) is 0 Å². The van der Waals surface area contributed by atoms with Gasteiger partial charge in [-0.15, -0.1) is 0 Å². The number of rotatable bonds is 12. The van der Waals surface area contributed by atoms with Crippen molar-refractivity contribution >= 4 is 12.1 Å². The van der Waals surface area contributed by atoms with Gasteiger partial charge in [0, 0.05) is 17.9 Å². The number of alkyl carbamates (subject to hydrolysis) is 1. The molecule has 0 aromatic heterocycles. The fraction of sp³-hybridized carbons (Fsp3) is 0.235. The average Bonchev–Trinajstić information content (AvgIpc) is 3.33. The van der Waals surface area contributed by atoms with E-state index in [-0.39, 0.29) is 25.6 Å². The lowest BCUT2D eigenvalue weighted by Gasteiger charge is -2.18. The van der Waals surface area contributed by atoms with Crippen molar-refractivity contribution in [2.75, 3.05) is 20.3 Å². The molecule has 4 aromatic rings. The molecule has 1 atom stereocenters. The van der Waals surface area contributed by atoms with Gasteiger partial charge in [-0.2, -0.15) is 0 Å². The van der Waals surface area contributed by atoms with Crippen LogP contribution in [0.15, 0.2) is 91.0 Å². The standard InChI is InChI=1S/C34H33NO7/c1-3-40-31-14-8-9-15-32(31)41-20-23-18-22(16-17-30(23)39-2)19-29(33(36)37)35-34(38)42-21-28-26-12-6-4-10-24(26)25-11-5-7-13-27(25)28/h4-18,28-29H,3,19-21H2,1-2H3,(H,35,38)(H,36,37). The topological polar surface area (TPSA) is 103 Å². The lowest BCUT2D eigenvalue weighted by atomic mass is 9.98. The van der Waals surface area contributed by atoms with Gasteiger partial charge in [0.2, 0.25) is 0 Å². The summed E-state index contributed by atoms with van der Waals surface area (Å²) in [5.41, 5.74) is 5.82. The Bertz CT molecular complexity index is 1520. The van der Waals surface area contributed by atoms with Crippen molar-refractivity contribution in [3.63, 3.8) is 0 Å². The Morgan fingerprint density at radius 1 is 0.833 bits per heavy atom. The average molecular weight is 568 g/mol. The molecule has 1 aliphatic carbocycles. The molecule has 42 heavy (non-hydrogen) atoms. The maximum absolute atomic E-state index is 12.8. The first-order valence-corrected chi connectivity index (χ1v) is 13.8. The Labute approximate surface area is 244 Å². The zero-order valence-electron chi connectivity index (χ0n) is 23.5. The van der Waals surface area contributed by atoms with E-state index in [1.54, 1.807) is 19.2 Å². The summed E-state index contributed by atoms with van der Waals surface area (Å²) >= 11 is 0. The zero-order chi connectivity index (χ0) is 29.5. The highest BCUT2D eigenvalue weighted by molar-refractivity contribution is 5.81. The highest BCUT2D eigenvalue weighted by atomic mass is 16.5. The number of ether oxygens (including phenoxy) is 4. The summed E-state index contributed by atoms with van der Waals surface area (Å²) in [6.45, 7) is 2.68. The summed E-state index contributed by atoms with van der Waals surface area (Å²) in [6.07, 6.45) is -0.736. The molecule has 1 unspecified atom stereocenters. The molecule has 0 aliphatic heterocycles. The van der Waals surface area contributed by atoms with Crippen LogP contribution in [0.3, 0.4) is 0 Å². The van der Waals surface area contributed by atoms with E-state index in [4.69, 9.17) is 18.9 Å². The minimum atomic E-state index is -1.19. The fourth-order valence-electron chi connectivity index (χ4n) is 5.29. The predicted molar refractivity (Wildman–Crippen MR) is 158 cm³/mol. The Morgan fingerprint density at radius 3 is 2.07 bits per heavy atom. The van der Waals surface area contributed by atoms with Gasteiger partial charge in [-0.05, 0) is 59.0 Å². The minimum absolute atomic E-state index is 0.0477. The van der Waals surface area contributed by atoms with E-state index in [2.05, 4.69) is 17.4 Å². The molecule has 2 N–H and O–H groups in total. The molecule has 0 saturated heterocycles. The number of hydrogen-bond acceptors (Lipinski definition) is 6. The van der Waals surface area contributed by atoms with Crippen LogP contribution in [-0.4, -0.2) is 43.5 Å². The number of aliphatic carboxylic acids is 1. The molecular formula is C34H33NO7. The normalized spacial score (nSPS) is 12.5. The molecule has 0 bridgehead atoms. The number of methoxy groups -OCH3 is 1. The highest BCUT2D eigenvalue weighted by Gasteiger charge is 2.30. The Hall–Kier alpha value is -4.98. The molecule has 8 nitrogen and oxygen atoms in total. The number of para-hydroxylation sites is 2. The first-order valence-electron chi connectivity index (χ1n) is 13.8. The second-order valence-electron chi connectivity index (χ2n) is 9.88. The van der Waals surface area contributed by atoms with Crippen molar-refractivity contribution in [2.45, 2.75) is 31.9 Å². The van der Waals surface area contributed by atoms with E-state index in [0.29, 0.717) is 29.4 Å². The predicted octanol–water partition coefficient (Wildman–Crippen LogP) is 6.21. The summed E-state index contributed by atoms with van der Waals surface area (Å²) < 4.78 is 22.7. The maximum atomic E-state index is 12.8. The van der Waals surface area contributed by atoms with Gasteiger partial charge in [-0.1, -0.05) is 66.7 Å². The largest absolute Gasteiger partial charge is 0.496 e. The number of carbonyl (C=O) groups excluding carboxylic acids is 1. The van der Waals surface area contributed by atoms with Crippen LogP contribution in [0.25, 0.3) is 11.1 Å². The quantitative estimate of drug-likeness (QED) is 0.210. The van der Waals surface area contributed by atoms with Gasteiger partial charge < -0.3 is 29.4 Å². The van der Waals surface area contributed by atoms with Crippen LogP contribution in [0.5, 0.6) is 17.2 Å². The number of carboxylic acids is 1. The van der Waals surface area contributed by atoms with Crippen LogP contribution in [0, 0.1) is 0 Å². The van der Waals surface area contributed by atoms with Gasteiger partial charge >= 0.3 is 12.1 Å². The Balaban J connectivity index is 1.24. The van der Waals surface area contributed by atoms with E-state index in [0.717, 1.165) is 27.8 Å². The van der Waals surface area contributed by atoms with Gasteiger partial charge in [0.15, 0.2) is 11.5 Å². The summed E-state index contributed by atoms with van der Waals surface area (Å²) in [5, 5.41) is 12.4.